The maximum atomic E-state index is 12.9. The molecule has 2 N–H and O–H groups in total. The maximum absolute atomic E-state index is 12.9. The van der Waals surface area contributed by atoms with Gasteiger partial charge in [-0.2, -0.15) is 18.4 Å². The summed E-state index contributed by atoms with van der Waals surface area (Å²) < 4.78 is 65.1. The number of aliphatic hydroxyl groups is 1. The SMILES string of the molecule is N#Cc1ccc(S(=O)(=O)NCC2(O)CCCC2)cc1C(F)(F)F. The first-order chi connectivity index (χ1) is 10.6. The second-order valence-corrected chi connectivity index (χ2v) is 7.34. The Morgan fingerprint density at radius 3 is 2.43 bits per heavy atom. The third-order valence-electron chi connectivity index (χ3n) is 3.85. The summed E-state index contributed by atoms with van der Waals surface area (Å²) in [6.45, 7) is -0.253. The number of alkyl halides is 3. The highest BCUT2D eigenvalue weighted by atomic mass is 32.2. The van der Waals surface area contributed by atoms with E-state index in [-0.39, 0.29) is 6.54 Å². The van der Waals surface area contributed by atoms with E-state index >= 15 is 0 Å². The number of benzene rings is 1. The summed E-state index contributed by atoms with van der Waals surface area (Å²) in [6, 6.07) is 3.58. The molecule has 0 radical (unpaired) electrons. The molecule has 0 atom stereocenters. The lowest BCUT2D eigenvalue weighted by Crippen LogP contribution is -2.40. The minimum absolute atomic E-state index is 0.253. The van der Waals surface area contributed by atoms with E-state index in [1.807, 2.05) is 0 Å². The number of hydrogen-bond acceptors (Lipinski definition) is 4. The van der Waals surface area contributed by atoms with Crippen LogP contribution >= 0.6 is 0 Å². The molecule has 0 aliphatic heterocycles. The van der Waals surface area contributed by atoms with Crippen LogP contribution in [-0.2, 0) is 16.2 Å². The van der Waals surface area contributed by atoms with Gasteiger partial charge in [-0.3, -0.25) is 0 Å². The molecule has 9 heteroatoms. The fraction of sp³-hybridized carbons (Fsp3) is 0.500. The van der Waals surface area contributed by atoms with Gasteiger partial charge in [-0.05, 0) is 31.0 Å². The summed E-state index contributed by atoms with van der Waals surface area (Å²) in [5, 5.41) is 18.8. The van der Waals surface area contributed by atoms with E-state index in [0.29, 0.717) is 18.9 Å². The molecule has 0 aromatic heterocycles. The Kier molecular flexibility index (Phi) is 4.71. The molecular formula is C14H15F3N2O3S. The third-order valence-corrected chi connectivity index (χ3v) is 5.25. The second kappa shape index (κ2) is 6.11. The van der Waals surface area contributed by atoms with Crippen molar-refractivity contribution in [1.82, 2.24) is 4.72 Å². The molecule has 0 spiro atoms. The fourth-order valence-corrected chi connectivity index (χ4v) is 3.69. The van der Waals surface area contributed by atoms with E-state index < -0.39 is 37.8 Å². The molecule has 0 bridgehead atoms. The van der Waals surface area contributed by atoms with Gasteiger partial charge >= 0.3 is 6.18 Å². The molecule has 1 saturated carbocycles. The van der Waals surface area contributed by atoms with Crippen LogP contribution < -0.4 is 4.72 Å². The number of halogens is 3. The van der Waals surface area contributed by atoms with Crippen molar-refractivity contribution in [2.75, 3.05) is 6.54 Å². The first-order valence-electron chi connectivity index (χ1n) is 6.91. The summed E-state index contributed by atoms with van der Waals surface area (Å²) in [4.78, 5) is -0.592. The van der Waals surface area contributed by atoms with Gasteiger partial charge in [0.2, 0.25) is 10.0 Å². The van der Waals surface area contributed by atoms with Crippen LogP contribution in [0.15, 0.2) is 23.1 Å². The number of nitriles is 1. The lowest BCUT2D eigenvalue weighted by Gasteiger charge is -2.22. The van der Waals surface area contributed by atoms with Gasteiger partial charge in [-0.15, -0.1) is 0 Å². The van der Waals surface area contributed by atoms with E-state index in [1.54, 1.807) is 0 Å². The second-order valence-electron chi connectivity index (χ2n) is 5.57. The Balaban J connectivity index is 2.28. The van der Waals surface area contributed by atoms with Gasteiger partial charge in [0.15, 0.2) is 0 Å². The zero-order valence-electron chi connectivity index (χ0n) is 12.0. The zero-order valence-corrected chi connectivity index (χ0v) is 12.8. The number of nitrogens with zero attached hydrogens (tertiary/aromatic N) is 1. The Morgan fingerprint density at radius 2 is 1.91 bits per heavy atom. The Morgan fingerprint density at radius 1 is 1.30 bits per heavy atom. The topological polar surface area (TPSA) is 90.2 Å². The third kappa shape index (κ3) is 4.02. The summed E-state index contributed by atoms with van der Waals surface area (Å²) in [5.74, 6) is 0. The fourth-order valence-electron chi connectivity index (χ4n) is 2.55. The highest BCUT2D eigenvalue weighted by molar-refractivity contribution is 7.89. The molecule has 1 aliphatic rings. The highest BCUT2D eigenvalue weighted by Crippen LogP contribution is 2.33. The van der Waals surface area contributed by atoms with Gasteiger partial charge in [-0.1, -0.05) is 12.8 Å². The normalized spacial score (nSPS) is 17.9. The van der Waals surface area contributed by atoms with E-state index in [4.69, 9.17) is 5.26 Å². The van der Waals surface area contributed by atoms with Crippen LogP contribution in [0.3, 0.4) is 0 Å². The van der Waals surface area contributed by atoms with Crippen LogP contribution in [0, 0.1) is 11.3 Å². The molecular weight excluding hydrogens is 333 g/mol. The van der Waals surface area contributed by atoms with Crippen molar-refractivity contribution < 1.29 is 26.7 Å². The lowest BCUT2D eigenvalue weighted by atomic mass is 10.0. The predicted octanol–water partition coefficient (Wildman–Crippen LogP) is 2.16. The van der Waals surface area contributed by atoms with E-state index in [9.17, 15) is 26.7 Å². The van der Waals surface area contributed by atoms with Crippen molar-refractivity contribution in [2.45, 2.75) is 42.4 Å². The molecule has 126 valence electrons. The average Bonchev–Trinajstić information content (AvgIpc) is 2.91. The standard InChI is InChI=1S/C14H15F3N2O3S/c15-14(16,17)12-7-11(4-3-10(12)8-18)23(21,22)19-9-13(20)5-1-2-6-13/h3-4,7,19-20H,1-2,5-6,9H2. The molecule has 0 unspecified atom stereocenters. The summed E-state index contributed by atoms with van der Waals surface area (Å²) >= 11 is 0. The van der Waals surface area contributed by atoms with Crippen LogP contribution in [0.2, 0.25) is 0 Å². The van der Waals surface area contributed by atoms with Gasteiger partial charge in [0, 0.05) is 6.54 Å². The molecule has 0 heterocycles. The van der Waals surface area contributed by atoms with Crippen molar-refractivity contribution in [3.8, 4) is 6.07 Å². The molecule has 1 aliphatic carbocycles. The van der Waals surface area contributed by atoms with Crippen LogP contribution in [-0.4, -0.2) is 25.7 Å². The molecule has 1 aromatic carbocycles. The van der Waals surface area contributed by atoms with Gasteiger partial charge < -0.3 is 5.11 Å². The summed E-state index contributed by atoms with van der Waals surface area (Å²) in [7, 11) is -4.21. The molecule has 2 rings (SSSR count). The van der Waals surface area contributed by atoms with Crippen LogP contribution in [0.25, 0.3) is 0 Å². The first kappa shape index (κ1) is 17.7. The largest absolute Gasteiger partial charge is 0.417 e. The Labute approximate surface area is 131 Å². The van der Waals surface area contributed by atoms with Crippen molar-refractivity contribution in [3.63, 3.8) is 0 Å². The smallest absolute Gasteiger partial charge is 0.389 e. The van der Waals surface area contributed by atoms with Gasteiger partial charge in [0.25, 0.3) is 0 Å². The van der Waals surface area contributed by atoms with Crippen LogP contribution in [0.5, 0.6) is 0 Å². The summed E-state index contributed by atoms with van der Waals surface area (Å²) in [5.41, 5.74) is -3.11. The quantitative estimate of drug-likeness (QED) is 0.872. The molecule has 1 aromatic rings. The molecule has 5 nitrogen and oxygen atoms in total. The highest BCUT2D eigenvalue weighted by Gasteiger charge is 2.36. The van der Waals surface area contributed by atoms with Crippen molar-refractivity contribution >= 4 is 10.0 Å². The predicted molar refractivity (Wildman–Crippen MR) is 74.8 cm³/mol. The van der Waals surface area contributed by atoms with Gasteiger partial charge in [0.05, 0.1) is 27.7 Å². The van der Waals surface area contributed by atoms with E-state index in [0.717, 1.165) is 25.0 Å². The van der Waals surface area contributed by atoms with Gasteiger partial charge in [0.1, 0.15) is 0 Å². The molecule has 0 amide bonds. The van der Waals surface area contributed by atoms with Crippen molar-refractivity contribution in [3.05, 3.63) is 29.3 Å². The number of hydrogen-bond donors (Lipinski definition) is 2. The average molecular weight is 348 g/mol. The Hall–Kier alpha value is -1.63. The molecule has 1 fully saturated rings. The zero-order chi connectivity index (χ0) is 17.3. The minimum Gasteiger partial charge on any atom is -0.389 e. The van der Waals surface area contributed by atoms with E-state index in [2.05, 4.69) is 4.72 Å². The molecule has 0 saturated heterocycles. The van der Waals surface area contributed by atoms with Crippen LogP contribution in [0.1, 0.15) is 36.8 Å². The van der Waals surface area contributed by atoms with Gasteiger partial charge in [-0.25, -0.2) is 13.1 Å². The van der Waals surface area contributed by atoms with E-state index in [1.165, 1.54) is 6.07 Å². The Bertz CT molecular complexity index is 733. The number of sulfonamides is 1. The first-order valence-corrected chi connectivity index (χ1v) is 8.39. The van der Waals surface area contributed by atoms with Crippen molar-refractivity contribution in [1.29, 1.82) is 5.26 Å². The van der Waals surface area contributed by atoms with Crippen LogP contribution in [0.4, 0.5) is 13.2 Å². The monoisotopic (exact) mass is 348 g/mol. The summed E-state index contributed by atoms with van der Waals surface area (Å²) in [6.07, 6.45) is -2.41. The maximum Gasteiger partial charge on any atom is 0.417 e. The minimum atomic E-state index is -4.83. The lowest BCUT2D eigenvalue weighted by molar-refractivity contribution is -0.137. The number of nitrogens with one attached hydrogen (secondary N) is 1. The van der Waals surface area contributed by atoms with Crippen molar-refractivity contribution in [2.24, 2.45) is 0 Å². The number of rotatable bonds is 4. The molecule has 23 heavy (non-hydrogen) atoms.